The molecule has 0 spiro atoms. The summed E-state index contributed by atoms with van der Waals surface area (Å²) in [6.45, 7) is 0. The quantitative estimate of drug-likeness (QED) is 0.420. The van der Waals surface area contributed by atoms with Gasteiger partial charge in [-0.05, 0) is 30.3 Å². The summed E-state index contributed by atoms with van der Waals surface area (Å²) in [5.74, 6) is -1.58. The lowest BCUT2D eigenvalue weighted by molar-refractivity contribution is -0.360. The fourth-order valence-corrected chi connectivity index (χ4v) is 2.65. The van der Waals surface area contributed by atoms with Gasteiger partial charge in [0.2, 0.25) is 0 Å². The van der Waals surface area contributed by atoms with E-state index in [1.165, 1.54) is 12.1 Å². The zero-order valence-corrected chi connectivity index (χ0v) is 17.1. The average Bonchev–Trinajstić information content (AvgIpc) is 2.72. The molecule has 0 fully saturated rings. The number of nitrogens with zero attached hydrogens (tertiary/aromatic N) is 2. The summed E-state index contributed by atoms with van der Waals surface area (Å²) in [6, 6.07) is 6.47. The molecule has 0 aliphatic rings. The van der Waals surface area contributed by atoms with Gasteiger partial charge in [-0.25, -0.2) is 9.59 Å². The van der Waals surface area contributed by atoms with Gasteiger partial charge in [0.25, 0.3) is 0 Å². The van der Waals surface area contributed by atoms with Gasteiger partial charge in [-0.15, -0.1) is 5.06 Å². The van der Waals surface area contributed by atoms with Crippen molar-refractivity contribution >= 4 is 35.3 Å². The standard InChI is InChI=1S/C18H11Cl2F3N2O6/c1-25(17(27)28-2)31-30-16(26)12-7-11(4-3-9(12)8-24)29-15-13(19)5-10(6-14(15)20)18(21,22)23/h3-7H,1-2H3. The van der Waals surface area contributed by atoms with Crippen LogP contribution in [0.15, 0.2) is 30.3 Å². The third-order valence-electron chi connectivity index (χ3n) is 3.53. The third-order valence-corrected chi connectivity index (χ3v) is 4.09. The molecule has 0 aliphatic heterocycles. The summed E-state index contributed by atoms with van der Waals surface area (Å²) in [4.78, 5) is 32.4. The minimum Gasteiger partial charge on any atom is -0.454 e. The molecule has 0 bridgehead atoms. The first-order valence-electron chi connectivity index (χ1n) is 7.96. The Balaban J connectivity index is 2.30. The van der Waals surface area contributed by atoms with Crippen LogP contribution in [0.2, 0.25) is 10.0 Å². The van der Waals surface area contributed by atoms with E-state index >= 15 is 0 Å². The molecule has 0 N–H and O–H groups in total. The molecule has 0 atom stereocenters. The number of methoxy groups -OCH3 is 1. The first-order valence-corrected chi connectivity index (χ1v) is 8.72. The van der Waals surface area contributed by atoms with E-state index in [2.05, 4.69) is 14.6 Å². The SMILES string of the molecule is COC(=O)N(C)OOC(=O)c1cc(Oc2c(Cl)cc(C(F)(F)F)cc2Cl)ccc1C#N. The lowest BCUT2D eigenvalue weighted by Gasteiger charge is -2.14. The van der Waals surface area contributed by atoms with E-state index in [4.69, 9.17) is 27.9 Å². The summed E-state index contributed by atoms with van der Waals surface area (Å²) < 4.78 is 48.3. The van der Waals surface area contributed by atoms with Crippen LogP contribution in [0.3, 0.4) is 0 Å². The Morgan fingerprint density at radius 2 is 1.74 bits per heavy atom. The second-order valence-corrected chi connectivity index (χ2v) is 6.42. The van der Waals surface area contributed by atoms with E-state index < -0.39 is 33.8 Å². The number of benzene rings is 2. The minimum atomic E-state index is -4.67. The number of alkyl halides is 3. The smallest absolute Gasteiger partial charge is 0.436 e. The van der Waals surface area contributed by atoms with Crippen LogP contribution in [0.25, 0.3) is 0 Å². The number of hydrogen-bond acceptors (Lipinski definition) is 7. The van der Waals surface area contributed by atoms with Gasteiger partial charge in [-0.1, -0.05) is 28.2 Å². The van der Waals surface area contributed by atoms with Crippen molar-refractivity contribution in [2.24, 2.45) is 0 Å². The Kier molecular flexibility index (Phi) is 7.56. The zero-order valence-electron chi connectivity index (χ0n) is 15.6. The monoisotopic (exact) mass is 478 g/mol. The van der Waals surface area contributed by atoms with Gasteiger partial charge < -0.3 is 9.47 Å². The van der Waals surface area contributed by atoms with Crippen molar-refractivity contribution < 1.29 is 42.1 Å². The lowest BCUT2D eigenvalue weighted by atomic mass is 10.1. The Bertz CT molecular complexity index is 1030. The molecule has 2 aromatic rings. The highest BCUT2D eigenvalue weighted by Crippen LogP contribution is 2.41. The van der Waals surface area contributed by atoms with Crippen LogP contribution in [-0.2, 0) is 20.8 Å². The summed E-state index contributed by atoms with van der Waals surface area (Å²) >= 11 is 11.7. The first kappa shape index (κ1) is 24.1. The molecular formula is C18H11Cl2F3N2O6. The van der Waals surface area contributed by atoms with Crippen molar-refractivity contribution in [1.82, 2.24) is 5.06 Å². The maximum absolute atomic E-state index is 12.8. The number of nitriles is 1. The van der Waals surface area contributed by atoms with E-state index in [1.807, 2.05) is 0 Å². The molecular weight excluding hydrogens is 468 g/mol. The molecule has 0 aromatic heterocycles. The molecule has 0 saturated heterocycles. The van der Waals surface area contributed by atoms with E-state index in [0.29, 0.717) is 17.2 Å². The molecule has 0 aliphatic carbocycles. The van der Waals surface area contributed by atoms with E-state index in [9.17, 15) is 28.0 Å². The van der Waals surface area contributed by atoms with Crippen molar-refractivity contribution in [3.63, 3.8) is 0 Å². The van der Waals surface area contributed by atoms with Gasteiger partial charge in [0.15, 0.2) is 5.75 Å². The molecule has 0 saturated carbocycles. The molecule has 1 amide bonds. The molecule has 0 radical (unpaired) electrons. The second kappa shape index (κ2) is 9.74. The van der Waals surface area contributed by atoms with Gasteiger partial charge >= 0.3 is 18.2 Å². The van der Waals surface area contributed by atoms with E-state index in [-0.39, 0.29) is 22.6 Å². The van der Waals surface area contributed by atoms with Crippen molar-refractivity contribution in [3.8, 4) is 17.6 Å². The number of hydrogen-bond donors (Lipinski definition) is 0. The number of ether oxygens (including phenoxy) is 2. The number of carbonyl (C=O) groups is 2. The highest BCUT2D eigenvalue weighted by atomic mass is 35.5. The third kappa shape index (κ3) is 5.91. The van der Waals surface area contributed by atoms with Crippen LogP contribution in [0.5, 0.6) is 11.5 Å². The van der Waals surface area contributed by atoms with Crippen LogP contribution < -0.4 is 4.74 Å². The van der Waals surface area contributed by atoms with E-state index in [0.717, 1.165) is 20.2 Å². The Morgan fingerprint density at radius 1 is 1.13 bits per heavy atom. The van der Waals surface area contributed by atoms with Crippen LogP contribution >= 0.6 is 23.2 Å². The van der Waals surface area contributed by atoms with Gasteiger partial charge in [-0.3, -0.25) is 4.89 Å². The largest absolute Gasteiger partial charge is 0.454 e. The Labute approximate surface area is 183 Å². The zero-order chi connectivity index (χ0) is 23.3. The number of halogens is 5. The molecule has 0 heterocycles. The first-order chi connectivity index (χ1) is 14.5. The summed E-state index contributed by atoms with van der Waals surface area (Å²) in [7, 11) is 2.16. The highest BCUT2D eigenvalue weighted by Gasteiger charge is 2.32. The molecule has 164 valence electrons. The van der Waals surface area contributed by atoms with Crippen LogP contribution in [-0.4, -0.2) is 31.3 Å². The summed E-state index contributed by atoms with van der Waals surface area (Å²) in [5.41, 5.74) is -1.56. The van der Waals surface area contributed by atoms with E-state index in [1.54, 1.807) is 6.07 Å². The number of amides is 1. The highest BCUT2D eigenvalue weighted by molar-refractivity contribution is 6.37. The predicted molar refractivity (Wildman–Crippen MR) is 99.4 cm³/mol. The van der Waals surface area contributed by atoms with Gasteiger partial charge in [0.05, 0.1) is 33.8 Å². The molecule has 31 heavy (non-hydrogen) atoms. The molecule has 0 unspecified atom stereocenters. The number of hydroxylamine groups is 2. The van der Waals surface area contributed by atoms with Crippen molar-refractivity contribution in [3.05, 3.63) is 57.1 Å². The van der Waals surface area contributed by atoms with Crippen LogP contribution in [0.4, 0.5) is 18.0 Å². The molecule has 8 nitrogen and oxygen atoms in total. The van der Waals surface area contributed by atoms with Crippen LogP contribution in [0.1, 0.15) is 21.5 Å². The van der Waals surface area contributed by atoms with Gasteiger partial charge in [0, 0.05) is 7.05 Å². The van der Waals surface area contributed by atoms with Crippen molar-refractivity contribution in [2.75, 3.05) is 14.2 Å². The fraction of sp³-hybridized carbons (Fsp3) is 0.167. The predicted octanol–water partition coefficient (Wildman–Crippen LogP) is 5.38. The van der Waals surface area contributed by atoms with Crippen molar-refractivity contribution in [1.29, 1.82) is 5.26 Å². The Morgan fingerprint density at radius 3 is 2.26 bits per heavy atom. The number of carbonyl (C=O) groups excluding carboxylic acids is 2. The molecule has 2 aromatic carbocycles. The van der Waals surface area contributed by atoms with Gasteiger partial charge in [0.1, 0.15) is 11.8 Å². The maximum Gasteiger partial charge on any atom is 0.436 e. The average molecular weight is 479 g/mol. The van der Waals surface area contributed by atoms with Crippen molar-refractivity contribution in [2.45, 2.75) is 6.18 Å². The summed E-state index contributed by atoms with van der Waals surface area (Å²) in [6.07, 6.45) is -5.65. The normalized spacial score (nSPS) is 10.8. The van der Waals surface area contributed by atoms with Crippen LogP contribution in [0, 0.1) is 11.3 Å². The topological polar surface area (TPSA) is 98.1 Å². The maximum atomic E-state index is 12.8. The fourth-order valence-electron chi connectivity index (χ4n) is 2.09. The number of rotatable bonds is 5. The Hall–Kier alpha value is -3.20. The van der Waals surface area contributed by atoms with Gasteiger partial charge in [-0.2, -0.15) is 18.4 Å². The lowest BCUT2D eigenvalue weighted by Crippen LogP contribution is -2.28. The second-order valence-electron chi connectivity index (χ2n) is 5.60. The summed E-state index contributed by atoms with van der Waals surface area (Å²) in [5, 5.41) is 8.77. The minimum absolute atomic E-state index is 0.101. The molecule has 13 heteroatoms. The molecule has 2 rings (SSSR count).